The van der Waals surface area contributed by atoms with Crippen LogP contribution in [0.15, 0.2) is 60.9 Å². The van der Waals surface area contributed by atoms with Gasteiger partial charge < -0.3 is 9.13 Å². The summed E-state index contributed by atoms with van der Waals surface area (Å²) in [6, 6.07) is 13.8. The van der Waals surface area contributed by atoms with Crippen molar-refractivity contribution in [3.05, 3.63) is 72.4 Å². The van der Waals surface area contributed by atoms with Crippen LogP contribution in [0.1, 0.15) is 19.5 Å². The lowest BCUT2D eigenvalue weighted by molar-refractivity contribution is 0.536. The summed E-state index contributed by atoms with van der Waals surface area (Å²) < 4.78 is 53.7. The molecule has 0 atom stereocenters. The molecule has 37 heavy (non-hydrogen) atoms. The van der Waals surface area contributed by atoms with Crippen molar-refractivity contribution in [2.45, 2.75) is 19.3 Å². The molecule has 0 aliphatic rings. The molecule has 7 nitrogen and oxygen atoms in total. The van der Waals surface area contributed by atoms with Crippen molar-refractivity contribution in [3.8, 4) is 16.8 Å². The van der Waals surface area contributed by atoms with E-state index in [0.29, 0.717) is 11.1 Å². The van der Waals surface area contributed by atoms with E-state index in [1.54, 1.807) is 43.9 Å². The zero-order valence-electron chi connectivity index (χ0n) is 21.3. The fourth-order valence-corrected chi connectivity index (χ4v) is 7.31. The van der Waals surface area contributed by atoms with Crippen molar-refractivity contribution in [1.82, 2.24) is 19.7 Å². The van der Waals surface area contributed by atoms with E-state index in [1.807, 2.05) is 36.6 Å². The maximum absolute atomic E-state index is 13.9. The Hall–Kier alpha value is -3.29. The summed E-state index contributed by atoms with van der Waals surface area (Å²) in [4.78, 5) is 4.52. The molecular formula is C27H28FN4O3PS. The summed E-state index contributed by atoms with van der Waals surface area (Å²) in [5.74, 6) is -0.466. The van der Waals surface area contributed by atoms with Gasteiger partial charge in [0.1, 0.15) is 22.8 Å². The number of nitrogens with one attached hydrogen (secondary N) is 1. The monoisotopic (exact) mass is 538 g/mol. The molecule has 0 saturated carbocycles. The van der Waals surface area contributed by atoms with E-state index < -0.39 is 22.4 Å². The van der Waals surface area contributed by atoms with Gasteiger partial charge in [0.2, 0.25) is 0 Å². The van der Waals surface area contributed by atoms with Crippen LogP contribution in [-0.4, -0.2) is 53.5 Å². The number of fused-ring (bicyclic) bond motifs is 2. The minimum atomic E-state index is -3.37. The number of H-pyrrole nitrogens is 1. The number of nitrogens with zero attached hydrogens (tertiary/aromatic N) is 3. The summed E-state index contributed by atoms with van der Waals surface area (Å²) in [5, 5.41) is 8.94. The van der Waals surface area contributed by atoms with Gasteiger partial charge in [-0.2, -0.15) is 5.10 Å². The first-order chi connectivity index (χ1) is 17.2. The van der Waals surface area contributed by atoms with Gasteiger partial charge in [-0.05, 0) is 55.8 Å². The van der Waals surface area contributed by atoms with Crippen LogP contribution in [0, 0.1) is 5.82 Å². The molecule has 0 fully saturated rings. The average molecular weight is 539 g/mol. The largest absolute Gasteiger partial charge is 0.318 e. The maximum atomic E-state index is 13.9. The number of benzene rings is 2. The molecule has 0 spiro atoms. The number of pyridine rings is 1. The third-order valence-corrected chi connectivity index (χ3v) is 9.08. The molecule has 1 N–H and O–H groups in total. The van der Waals surface area contributed by atoms with Crippen molar-refractivity contribution >= 4 is 44.2 Å². The van der Waals surface area contributed by atoms with E-state index in [2.05, 4.69) is 15.2 Å². The van der Waals surface area contributed by atoms with Crippen molar-refractivity contribution in [2.75, 3.05) is 25.3 Å². The van der Waals surface area contributed by atoms with Crippen LogP contribution >= 0.6 is 7.14 Å². The Kier molecular flexibility index (Phi) is 5.92. The zero-order chi connectivity index (χ0) is 26.8. The standard InChI is InChI=1S/C27H28FN4O3PS/c1-27(2,16-37(5,34)35)26-25(17-6-11-24(29-14-17)36(3,4)33)21-13-22-18(15-30-31-22)12-23(21)32(26)20-9-7-19(28)8-10-20/h6-15H,16H2,1-5H3,(H,30,31). The van der Waals surface area contributed by atoms with Gasteiger partial charge in [-0.25, -0.2) is 12.8 Å². The van der Waals surface area contributed by atoms with Crippen molar-refractivity contribution in [1.29, 1.82) is 0 Å². The Labute approximate surface area is 215 Å². The van der Waals surface area contributed by atoms with E-state index >= 15 is 0 Å². The molecule has 3 aromatic heterocycles. The lowest BCUT2D eigenvalue weighted by Gasteiger charge is -2.28. The average Bonchev–Trinajstić information content (AvgIpc) is 3.38. The van der Waals surface area contributed by atoms with Crippen LogP contribution in [0.5, 0.6) is 0 Å². The Balaban J connectivity index is 1.94. The topological polar surface area (TPSA) is 97.7 Å². The van der Waals surface area contributed by atoms with Crippen LogP contribution in [0.4, 0.5) is 4.39 Å². The lowest BCUT2D eigenvalue weighted by Crippen LogP contribution is -2.30. The van der Waals surface area contributed by atoms with Crippen molar-refractivity contribution in [3.63, 3.8) is 0 Å². The molecule has 5 aromatic rings. The highest BCUT2D eigenvalue weighted by Gasteiger charge is 2.35. The molecule has 0 aliphatic carbocycles. The van der Waals surface area contributed by atoms with E-state index in [0.717, 1.165) is 38.6 Å². The minimum absolute atomic E-state index is 0.103. The third-order valence-electron chi connectivity index (χ3n) is 6.46. The van der Waals surface area contributed by atoms with E-state index in [-0.39, 0.29) is 11.6 Å². The molecule has 10 heteroatoms. The molecule has 2 aromatic carbocycles. The van der Waals surface area contributed by atoms with Gasteiger partial charge in [-0.3, -0.25) is 10.1 Å². The second-order valence-corrected chi connectivity index (χ2v) is 15.9. The summed E-state index contributed by atoms with van der Waals surface area (Å²) in [7, 11) is -5.93. The van der Waals surface area contributed by atoms with E-state index in [1.165, 1.54) is 18.4 Å². The van der Waals surface area contributed by atoms with Gasteiger partial charge in [0.05, 0.1) is 28.4 Å². The summed E-state index contributed by atoms with van der Waals surface area (Å²) >= 11 is 0. The molecule has 0 saturated heterocycles. The Bertz CT molecular complexity index is 1800. The molecule has 0 radical (unpaired) electrons. The Morgan fingerprint density at radius 3 is 2.35 bits per heavy atom. The van der Waals surface area contributed by atoms with E-state index in [4.69, 9.17) is 0 Å². The Morgan fingerprint density at radius 2 is 1.76 bits per heavy atom. The molecule has 0 aliphatic heterocycles. The first kappa shape index (κ1) is 25.4. The smallest absolute Gasteiger partial charge is 0.148 e. The molecule has 0 unspecified atom stereocenters. The lowest BCUT2D eigenvalue weighted by atomic mass is 9.86. The highest BCUT2D eigenvalue weighted by Crippen LogP contribution is 2.44. The van der Waals surface area contributed by atoms with Crippen LogP contribution in [0.2, 0.25) is 0 Å². The predicted octanol–water partition coefficient (Wildman–Crippen LogP) is 5.28. The zero-order valence-corrected chi connectivity index (χ0v) is 23.0. The second-order valence-electron chi connectivity index (χ2n) is 10.6. The molecule has 3 heterocycles. The highest BCUT2D eigenvalue weighted by molar-refractivity contribution is 7.90. The first-order valence-electron chi connectivity index (χ1n) is 11.7. The van der Waals surface area contributed by atoms with Crippen molar-refractivity contribution in [2.24, 2.45) is 0 Å². The fourth-order valence-electron chi connectivity index (χ4n) is 5.09. The number of hydrogen-bond acceptors (Lipinski definition) is 5. The summed E-state index contributed by atoms with van der Waals surface area (Å²) in [5.41, 5.74) is 4.36. The van der Waals surface area contributed by atoms with Crippen LogP contribution in [-0.2, 0) is 19.8 Å². The summed E-state index contributed by atoms with van der Waals surface area (Å²) in [6.07, 6.45) is 4.65. The summed E-state index contributed by atoms with van der Waals surface area (Å²) in [6.45, 7) is 7.14. The quantitative estimate of drug-likeness (QED) is 0.297. The first-order valence-corrected chi connectivity index (χ1v) is 16.4. The number of sulfone groups is 1. The number of aromatic nitrogens is 4. The molecular weight excluding hydrogens is 510 g/mol. The van der Waals surface area contributed by atoms with Crippen molar-refractivity contribution < 1.29 is 17.4 Å². The van der Waals surface area contributed by atoms with Gasteiger partial charge in [-0.1, -0.05) is 19.9 Å². The van der Waals surface area contributed by atoms with Gasteiger partial charge in [-0.15, -0.1) is 0 Å². The van der Waals surface area contributed by atoms with Gasteiger partial charge in [0.15, 0.2) is 0 Å². The third kappa shape index (κ3) is 4.74. The minimum Gasteiger partial charge on any atom is -0.318 e. The highest BCUT2D eigenvalue weighted by atomic mass is 32.2. The molecule has 192 valence electrons. The fraction of sp³-hybridized carbons (Fsp3) is 0.259. The number of halogens is 1. The molecule has 0 amide bonds. The van der Waals surface area contributed by atoms with Gasteiger partial charge in [0, 0.05) is 51.1 Å². The number of aromatic amines is 1. The predicted molar refractivity (Wildman–Crippen MR) is 148 cm³/mol. The van der Waals surface area contributed by atoms with Crippen LogP contribution in [0.3, 0.4) is 0 Å². The van der Waals surface area contributed by atoms with Gasteiger partial charge in [0.25, 0.3) is 0 Å². The SMILES string of the molecule is CC(C)(CS(C)(=O)=O)c1c(-c2ccc(P(C)(C)=O)nc2)c2cc3[nH]ncc3cc2n1-c1ccc(F)cc1. The molecule has 5 rings (SSSR count). The van der Waals surface area contributed by atoms with Crippen LogP contribution < -0.4 is 5.44 Å². The van der Waals surface area contributed by atoms with Gasteiger partial charge >= 0.3 is 0 Å². The second kappa shape index (κ2) is 8.64. The van der Waals surface area contributed by atoms with Crippen LogP contribution in [0.25, 0.3) is 38.6 Å². The Morgan fingerprint density at radius 1 is 1.05 bits per heavy atom. The maximum Gasteiger partial charge on any atom is 0.148 e. The molecule has 0 bridgehead atoms. The normalized spacial score (nSPS) is 13.0. The number of hydrogen-bond donors (Lipinski definition) is 1. The van der Waals surface area contributed by atoms with E-state index in [9.17, 15) is 17.4 Å². The number of rotatable bonds is 6.